The first kappa shape index (κ1) is 12.3. The van der Waals surface area contributed by atoms with Gasteiger partial charge in [-0.25, -0.2) is 9.97 Å². The Kier molecular flexibility index (Phi) is 3.41. The van der Waals surface area contributed by atoms with Gasteiger partial charge in [-0.1, -0.05) is 36.4 Å². The van der Waals surface area contributed by atoms with Crippen molar-refractivity contribution in [2.24, 2.45) is 0 Å². The predicted molar refractivity (Wildman–Crippen MR) is 62.4 cm³/mol. The van der Waals surface area contributed by atoms with Crippen LogP contribution in [0.5, 0.6) is 0 Å². The second kappa shape index (κ2) is 5.00. The Morgan fingerprint density at radius 1 is 0.944 bits per heavy atom. The molecule has 0 atom stereocenters. The number of hydrogen-bond acceptors (Lipinski definition) is 2. The summed E-state index contributed by atoms with van der Waals surface area (Å²) in [5.41, 5.74) is -0.0660. The number of rotatable bonds is 2. The van der Waals surface area contributed by atoms with Crippen LogP contribution in [0.15, 0.2) is 42.6 Å². The highest BCUT2D eigenvalue weighted by Gasteiger charge is 2.32. The van der Waals surface area contributed by atoms with E-state index < -0.39 is 11.9 Å². The smallest absolute Gasteiger partial charge is 0.237 e. The molecule has 5 heteroatoms. The van der Waals surface area contributed by atoms with Gasteiger partial charge in [-0.15, -0.1) is 0 Å². The SMILES string of the molecule is FC(F)(F)c1ccnc(C=Cc2ccccc2)n1. The van der Waals surface area contributed by atoms with E-state index in [-0.39, 0.29) is 5.82 Å². The number of benzene rings is 1. The van der Waals surface area contributed by atoms with Gasteiger partial charge in [0.1, 0.15) is 5.69 Å². The topological polar surface area (TPSA) is 25.8 Å². The summed E-state index contributed by atoms with van der Waals surface area (Å²) in [6.45, 7) is 0. The molecule has 2 aromatic rings. The summed E-state index contributed by atoms with van der Waals surface area (Å²) in [7, 11) is 0. The zero-order valence-corrected chi connectivity index (χ0v) is 9.22. The molecular weight excluding hydrogens is 241 g/mol. The van der Waals surface area contributed by atoms with E-state index in [9.17, 15) is 13.2 Å². The summed E-state index contributed by atoms with van der Waals surface area (Å²) in [5.74, 6) is 0.0358. The predicted octanol–water partition coefficient (Wildman–Crippen LogP) is 3.67. The Balaban J connectivity index is 2.23. The second-order valence-corrected chi connectivity index (χ2v) is 3.54. The summed E-state index contributed by atoms with van der Waals surface area (Å²) in [5, 5.41) is 0. The lowest BCUT2D eigenvalue weighted by molar-refractivity contribution is -0.141. The van der Waals surface area contributed by atoms with Crippen molar-refractivity contribution in [2.75, 3.05) is 0 Å². The summed E-state index contributed by atoms with van der Waals surface area (Å²) in [6, 6.07) is 10.1. The van der Waals surface area contributed by atoms with Crippen LogP contribution in [-0.2, 0) is 6.18 Å². The van der Waals surface area contributed by atoms with Crippen LogP contribution in [0.1, 0.15) is 17.1 Å². The largest absolute Gasteiger partial charge is 0.433 e. The molecule has 1 aromatic heterocycles. The van der Waals surface area contributed by atoms with E-state index in [1.807, 2.05) is 30.3 Å². The third kappa shape index (κ3) is 3.16. The van der Waals surface area contributed by atoms with Gasteiger partial charge in [-0.3, -0.25) is 0 Å². The van der Waals surface area contributed by atoms with Crippen LogP contribution in [0.25, 0.3) is 12.2 Å². The fraction of sp³-hybridized carbons (Fsp3) is 0.0769. The first-order valence-corrected chi connectivity index (χ1v) is 5.19. The normalized spacial score (nSPS) is 11.9. The van der Waals surface area contributed by atoms with E-state index in [1.54, 1.807) is 6.08 Å². The van der Waals surface area contributed by atoms with E-state index in [0.29, 0.717) is 0 Å². The van der Waals surface area contributed by atoms with Gasteiger partial charge in [-0.05, 0) is 17.7 Å². The molecule has 0 saturated carbocycles. The third-order valence-electron chi connectivity index (χ3n) is 2.19. The van der Waals surface area contributed by atoms with Crippen molar-refractivity contribution < 1.29 is 13.2 Å². The highest BCUT2D eigenvalue weighted by molar-refractivity contribution is 5.66. The number of aromatic nitrogens is 2. The first-order chi connectivity index (χ1) is 8.55. The standard InChI is InChI=1S/C13H9F3N2/c14-13(15,16)11-8-9-17-12(18-11)7-6-10-4-2-1-3-5-10/h1-9H. The lowest BCUT2D eigenvalue weighted by Gasteiger charge is -2.04. The number of nitrogens with zero attached hydrogens (tertiary/aromatic N) is 2. The zero-order chi connectivity index (χ0) is 13.0. The average molecular weight is 250 g/mol. The van der Waals surface area contributed by atoms with Crippen LogP contribution in [0, 0.1) is 0 Å². The van der Waals surface area contributed by atoms with E-state index >= 15 is 0 Å². The van der Waals surface area contributed by atoms with Gasteiger partial charge in [0.25, 0.3) is 0 Å². The van der Waals surface area contributed by atoms with Crippen molar-refractivity contribution >= 4 is 12.2 Å². The Morgan fingerprint density at radius 2 is 1.67 bits per heavy atom. The van der Waals surface area contributed by atoms with Gasteiger partial charge in [0, 0.05) is 6.20 Å². The molecule has 0 amide bonds. The summed E-state index contributed by atoms with van der Waals surface area (Å²) in [6.07, 6.45) is -0.237. The van der Waals surface area contributed by atoms with Gasteiger partial charge in [0.05, 0.1) is 0 Å². The van der Waals surface area contributed by atoms with Crippen LogP contribution in [0.2, 0.25) is 0 Å². The second-order valence-electron chi connectivity index (χ2n) is 3.54. The van der Waals surface area contributed by atoms with Crippen molar-refractivity contribution in [3.63, 3.8) is 0 Å². The van der Waals surface area contributed by atoms with E-state index in [4.69, 9.17) is 0 Å². The van der Waals surface area contributed by atoms with E-state index in [1.165, 1.54) is 6.08 Å². The van der Waals surface area contributed by atoms with Crippen molar-refractivity contribution in [3.8, 4) is 0 Å². The molecule has 0 aliphatic heterocycles. The third-order valence-corrected chi connectivity index (χ3v) is 2.19. The van der Waals surface area contributed by atoms with Crippen LogP contribution < -0.4 is 0 Å². The minimum atomic E-state index is -4.45. The fourth-order valence-electron chi connectivity index (χ4n) is 1.35. The summed E-state index contributed by atoms with van der Waals surface area (Å²) >= 11 is 0. The van der Waals surface area contributed by atoms with Crippen molar-refractivity contribution in [1.82, 2.24) is 9.97 Å². The molecule has 0 unspecified atom stereocenters. The first-order valence-electron chi connectivity index (χ1n) is 5.19. The molecule has 0 N–H and O–H groups in total. The maximum Gasteiger partial charge on any atom is 0.433 e. The summed E-state index contributed by atoms with van der Waals surface area (Å²) < 4.78 is 37.3. The molecule has 92 valence electrons. The molecule has 1 heterocycles. The number of halogens is 3. The Bertz CT molecular complexity index is 548. The molecule has 0 radical (unpaired) electrons. The Hall–Kier alpha value is -2.17. The van der Waals surface area contributed by atoms with E-state index in [0.717, 1.165) is 17.8 Å². The van der Waals surface area contributed by atoms with Gasteiger partial charge in [0.15, 0.2) is 5.82 Å². The molecule has 1 aromatic carbocycles. The fourth-order valence-corrected chi connectivity index (χ4v) is 1.35. The zero-order valence-electron chi connectivity index (χ0n) is 9.22. The maximum absolute atomic E-state index is 12.4. The molecular formula is C13H9F3N2. The number of hydrogen-bond donors (Lipinski definition) is 0. The van der Waals surface area contributed by atoms with Gasteiger partial charge >= 0.3 is 6.18 Å². The lowest BCUT2D eigenvalue weighted by atomic mass is 10.2. The van der Waals surface area contributed by atoms with Crippen molar-refractivity contribution in [1.29, 1.82) is 0 Å². The maximum atomic E-state index is 12.4. The number of alkyl halides is 3. The molecule has 2 nitrogen and oxygen atoms in total. The molecule has 0 aliphatic rings. The van der Waals surface area contributed by atoms with Crippen LogP contribution in [0.3, 0.4) is 0 Å². The monoisotopic (exact) mass is 250 g/mol. The molecule has 0 bridgehead atoms. The molecule has 2 rings (SSSR count). The molecule has 0 spiro atoms. The lowest BCUT2D eigenvalue weighted by Crippen LogP contribution is -2.08. The van der Waals surface area contributed by atoms with Crippen LogP contribution >= 0.6 is 0 Å². The van der Waals surface area contributed by atoms with Gasteiger partial charge in [0.2, 0.25) is 0 Å². The molecule has 18 heavy (non-hydrogen) atoms. The molecule has 0 saturated heterocycles. The van der Waals surface area contributed by atoms with Gasteiger partial charge < -0.3 is 0 Å². The quantitative estimate of drug-likeness (QED) is 0.812. The Morgan fingerprint density at radius 3 is 2.33 bits per heavy atom. The minimum Gasteiger partial charge on any atom is -0.237 e. The van der Waals surface area contributed by atoms with Crippen molar-refractivity contribution in [3.05, 3.63) is 59.7 Å². The van der Waals surface area contributed by atoms with Crippen molar-refractivity contribution in [2.45, 2.75) is 6.18 Å². The minimum absolute atomic E-state index is 0.0358. The molecule has 0 aliphatic carbocycles. The molecule has 0 fully saturated rings. The van der Waals surface area contributed by atoms with Crippen LogP contribution in [0.4, 0.5) is 13.2 Å². The van der Waals surface area contributed by atoms with Crippen LogP contribution in [-0.4, -0.2) is 9.97 Å². The van der Waals surface area contributed by atoms with Gasteiger partial charge in [-0.2, -0.15) is 13.2 Å². The summed E-state index contributed by atoms with van der Waals surface area (Å²) in [4.78, 5) is 7.21. The highest BCUT2D eigenvalue weighted by Crippen LogP contribution is 2.27. The Labute approximate surface area is 102 Å². The van der Waals surface area contributed by atoms with E-state index in [2.05, 4.69) is 9.97 Å². The average Bonchev–Trinajstić information content (AvgIpc) is 2.37. The highest BCUT2D eigenvalue weighted by atomic mass is 19.4.